The minimum absolute atomic E-state index is 0.000484. The predicted octanol–water partition coefficient (Wildman–Crippen LogP) is 6.23. The highest BCUT2D eigenvalue weighted by atomic mass is 19.4. The highest BCUT2D eigenvalue weighted by Gasteiger charge is 2.34. The highest BCUT2D eigenvalue weighted by molar-refractivity contribution is 5.89. The largest absolute Gasteiger partial charge is 0.478 e. The van der Waals surface area contributed by atoms with Crippen molar-refractivity contribution in [1.82, 2.24) is 4.57 Å². The summed E-state index contributed by atoms with van der Waals surface area (Å²) in [7, 11) is 0. The number of carboxylic acids is 1. The van der Waals surface area contributed by atoms with Gasteiger partial charge in [-0.15, -0.1) is 0 Å². The third-order valence-electron chi connectivity index (χ3n) is 4.89. The monoisotopic (exact) mass is 426 g/mol. The highest BCUT2D eigenvalue weighted by Crippen LogP contribution is 2.35. The number of rotatable bonds is 2. The van der Waals surface area contributed by atoms with Crippen LogP contribution < -0.4 is 5.73 Å². The Morgan fingerprint density at radius 1 is 0.903 bits per heavy atom. The molecule has 0 aliphatic heterocycles. The second kappa shape index (κ2) is 8.55. The zero-order valence-corrected chi connectivity index (χ0v) is 16.9. The van der Waals surface area contributed by atoms with E-state index in [1.165, 1.54) is 46.5 Å². The molecule has 0 aliphatic carbocycles. The summed E-state index contributed by atoms with van der Waals surface area (Å²) < 4.78 is 40.4. The Kier molecular flexibility index (Phi) is 6.06. The van der Waals surface area contributed by atoms with E-state index < -0.39 is 17.7 Å². The maximum Gasteiger partial charge on any atom is 0.418 e. The van der Waals surface area contributed by atoms with Crippen LogP contribution in [0.4, 0.5) is 18.9 Å². The lowest BCUT2D eigenvalue weighted by Gasteiger charge is -2.16. The van der Waals surface area contributed by atoms with Gasteiger partial charge in [0.05, 0.1) is 16.8 Å². The number of alkyl halides is 3. The van der Waals surface area contributed by atoms with E-state index >= 15 is 0 Å². The van der Waals surface area contributed by atoms with Crippen molar-refractivity contribution >= 4 is 22.4 Å². The van der Waals surface area contributed by atoms with E-state index in [0.29, 0.717) is 5.69 Å². The van der Waals surface area contributed by atoms with Crippen LogP contribution in [-0.4, -0.2) is 15.6 Å². The molecule has 0 spiro atoms. The topological polar surface area (TPSA) is 68.2 Å². The maximum atomic E-state index is 13.0. The average molecular weight is 426 g/mol. The SMILES string of the molecule is Cc1cc(C(=O)O)c(C)n1-c1ccccc1C(F)(F)F.Nc1ccc2ccccc2c1. The van der Waals surface area contributed by atoms with Crippen molar-refractivity contribution in [2.75, 3.05) is 5.73 Å². The van der Waals surface area contributed by atoms with Crippen LogP contribution in [0.3, 0.4) is 0 Å². The van der Waals surface area contributed by atoms with E-state index in [1.54, 1.807) is 6.92 Å². The molecule has 7 heteroatoms. The fourth-order valence-electron chi connectivity index (χ4n) is 3.47. The van der Waals surface area contributed by atoms with Crippen LogP contribution in [0.25, 0.3) is 16.5 Å². The number of nitrogen functional groups attached to an aromatic ring is 1. The van der Waals surface area contributed by atoms with Crippen molar-refractivity contribution in [2.24, 2.45) is 0 Å². The van der Waals surface area contributed by atoms with Gasteiger partial charge >= 0.3 is 12.1 Å². The standard InChI is InChI=1S/C14H12F3NO2.C10H9N/c1-8-7-10(13(19)20)9(2)18(8)12-6-4-3-5-11(12)14(15,16)17;11-10-6-5-8-3-1-2-4-9(8)7-10/h3-7H,1-2H3,(H,19,20);1-7H,11H2. The zero-order valence-electron chi connectivity index (χ0n) is 16.9. The second-order valence-corrected chi connectivity index (χ2v) is 7.05. The van der Waals surface area contributed by atoms with Crippen molar-refractivity contribution < 1.29 is 23.1 Å². The van der Waals surface area contributed by atoms with Crippen molar-refractivity contribution in [3.63, 3.8) is 0 Å². The molecule has 3 N–H and O–H groups in total. The summed E-state index contributed by atoms with van der Waals surface area (Å²) in [5, 5.41) is 11.5. The minimum Gasteiger partial charge on any atom is -0.478 e. The van der Waals surface area contributed by atoms with Crippen molar-refractivity contribution in [1.29, 1.82) is 0 Å². The molecule has 0 radical (unpaired) electrons. The van der Waals surface area contributed by atoms with Gasteiger partial charge in [-0.3, -0.25) is 0 Å². The first-order valence-corrected chi connectivity index (χ1v) is 9.42. The molecule has 31 heavy (non-hydrogen) atoms. The molecule has 0 bridgehead atoms. The first-order chi connectivity index (χ1) is 14.6. The zero-order chi connectivity index (χ0) is 22.8. The summed E-state index contributed by atoms with van der Waals surface area (Å²) in [4.78, 5) is 11.1. The number of carboxylic acid groups (broad SMARTS) is 1. The number of benzene rings is 3. The third kappa shape index (κ3) is 4.71. The van der Waals surface area contributed by atoms with Gasteiger partial charge in [-0.1, -0.05) is 42.5 Å². The molecule has 0 saturated carbocycles. The fraction of sp³-hybridized carbons (Fsp3) is 0.125. The summed E-state index contributed by atoms with van der Waals surface area (Å²) in [5.41, 5.74) is 6.30. The normalized spacial score (nSPS) is 11.1. The lowest BCUT2D eigenvalue weighted by molar-refractivity contribution is -0.137. The summed E-state index contributed by atoms with van der Waals surface area (Å²) >= 11 is 0. The molecular weight excluding hydrogens is 405 g/mol. The van der Waals surface area contributed by atoms with E-state index in [1.807, 2.05) is 30.3 Å². The Labute approximate surface area is 177 Å². The van der Waals surface area contributed by atoms with Gasteiger partial charge in [-0.2, -0.15) is 13.2 Å². The molecule has 0 atom stereocenters. The lowest BCUT2D eigenvalue weighted by atomic mass is 10.1. The summed E-state index contributed by atoms with van der Waals surface area (Å²) in [6.45, 7) is 3.07. The number of nitrogens with zero attached hydrogens (tertiary/aromatic N) is 1. The number of carbonyl (C=O) groups is 1. The smallest absolute Gasteiger partial charge is 0.418 e. The van der Waals surface area contributed by atoms with Gasteiger partial charge in [-0.05, 0) is 55.0 Å². The lowest BCUT2D eigenvalue weighted by Crippen LogP contribution is -2.12. The van der Waals surface area contributed by atoms with Crippen LogP contribution in [0, 0.1) is 13.8 Å². The number of aromatic nitrogens is 1. The maximum absolute atomic E-state index is 13.0. The molecular formula is C24H21F3N2O2. The molecule has 0 aliphatic rings. The third-order valence-corrected chi connectivity index (χ3v) is 4.89. The van der Waals surface area contributed by atoms with Crippen LogP contribution in [0.2, 0.25) is 0 Å². The molecule has 0 unspecified atom stereocenters. The van der Waals surface area contributed by atoms with Crippen LogP contribution in [0.1, 0.15) is 27.3 Å². The van der Waals surface area contributed by atoms with Crippen LogP contribution in [0.15, 0.2) is 72.8 Å². The van der Waals surface area contributed by atoms with Gasteiger partial charge < -0.3 is 15.4 Å². The molecule has 0 fully saturated rings. The summed E-state index contributed by atoms with van der Waals surface area (Å²) in [6, 6.07) is 20.6. The molecule has 4 nitrogen and oxygen atoms in total. The summed E-state index contributed by atoms with van der Waals surface area (Å²) in [6.07, 6.45) is -4.50. The van der Waals surface area contributed by atoms with Crippen LogP contribution in [0.5, 0.6) is 0 Å². The first kappa shape index (κ1) is 22.0. The number of hydrogen-bond acceptors (Lipinski definition) is 2. The van der Waals surface area contributed by atoms with E-state index in [0.717, 1.165) is 11.8 Å². The molecule has 4 aromatic rings. The quantitative estimate of drug-likeness (QED) is 0.373. The van der Waals surface area contributed by atoms with Crippen molar-refractivity contribution in [3.05, 3.63) is 95.3 Å². The molecule has 0 amide bonds. The van der Waals surface area contributed by atoms with Gasteiger partial charge in [0, 0.05) is 17.1 Å². The Morgan fingerprint density at radius 2 is 1.52 bits per heavy atom. The number of hydrogen-bond donors (Lipinski definition) is 2. The Balaban J connectivity index is 0.000000207. The van der Waals surface area contributed by atoms with Crippen molar-refractivity contribution in [2.45, 2.75) is 20.0 Å². The molecule has 1 aromatic heterocycles. The second-order valence-electron chi connectivity index (χ2n) is 7.05. The van der Waals surface area contributed by atoms with Crippen molar-refractivity contribution in [3.8, 4) is 5.69 Å². The Bertz CT molecular complexity index is 1240. The van der Waals surface area contributed by atoms with E-state index in [2.05, 4.69) is 12.1 Å². The predicted molar refractivity (Wildman–Crippen MR) is 116 cm³/mol. The molecule has 4 rings (SSSR count). The van der Waals surface area contributed by atoms with Gasteiger partial charge in [0.2, 0.25) is 0 Å². The summed E-state index contributed by atoms with van der Waals surface area (Å²) in [5.74, 6) is -1.16. The Morgan fingerprint density at radius 3 is 2.13 bits per heavy atom. The van der Waals surface area contributed by atoms with E-state index in [-0.39, 0.29) is 16.9 Å². The van der Waals surface area contributed by atoms with Gasteiger partial charge in [0.25, 0.3) is 0 Å². The van der Waals surface area contributed by atoms with Crippen LogP contribution >= 0.6 is 0 Å². The first-order valence-electron chi connectivity index (χ1n) is 9.42. The number of anilines is 1. The number of fused-ring (bicyclic) bond motifs is 1. The Hall–Kier alpha value is -3.74. The van der Waals surface area contributed by atoms with Crippen LogP contribution in [-0.2, 0) is 6.18 Å². The minimum atomic E-state index is -4.50. The fourth-order valence-corrected chi connectivity index (χ4v) is 3.47. The molecule has 160 valence electrons. The molecule has 1 heterocycles. The number of aromatic carboxylic acids is 1. The molecule has 3 aromatic carbocycles. The van der Waals surface area contributed by atoms with Gasteiger partial charge in [0.15, 0.2) is 0 Å². The number of halogens is 3. The number of nitrogens with two attached hydrogens (primary N) is 1. The molecule has 0 saturated heterocycles. The van der Waals surface area contributed by atoms with E-state index in [9.17, 15) is 18.0 Å². The van der Waals surface area contributed by atoms with Gasteiger partial charge in [-0.25, -0.2) is 4.79 Å². The number of aryl methyl sites for hydroxylation is 1. The van der Waals surface area contributed by atoms with E-state index in [4.69, 9.17) is 10.8 Å². The average Bonchev–Trinajstić information content (AvgIpc) is 3.02. The van der Waals surface area contributed by atoms with Gasteiger partial charge in [0.1, 0.15) is 0 Å². The number of para-hydroxylation sites is 1.